The van der Waals surface area contributed by atoms with Gasteiger partial charge < -0.3 is 4.74 Å². The molecule has 2 aromatic rings. The fraction of sp³-hybridized carbons (Fsp3) is 0.300. The molecule has 24 heavy (non-hydrogen) atoms. The van der Waals surface area contributed by atoms with E-state index in [1.165, 1.54) is 0 Å². The Hall–Kier alpha value is -2.13. The molecular weight excluding hydrogens is 324 g/mol. The van der Waals surface area contributed by atoms with Gasteiger partial charge in [-0.3, -0.25) is 4.79 Å². The van der Waals surface area contributed by atoms with Crippen LogP contribution in [0.25, 0.3) is 0 Å². The maximum Gasteiger partial charge on any atom is 0.343 e. The van der Waals surface area contributed by atoms with Gasteiger partial charge in [0.05, 0.1) is 5.56 Å². The van der Waals surface area contributed by atoms with E-state index >= 15 is 0 Å². The average molecular weight is 345 g/mol. The summed E-state index contributed by atoms with van der Waals surface area (Å²) in [7, 11) is 0. The molecule has 0 radical (unpaired) electrons. The smallest absolute Gasteiger partial charge is 0.343 e. The number of carbonyl (C=O) groups is 2. The summed E-state index contributed by atoms with van der Waals surface area (Å²) in [6, 6.07) is 10.6. The molecular formula is C20H21ClO3. The van der Waals surface area contributed by atoms with Gasteiger partial charge in [-0.15, -0.1) is 0 Å². The van der Waals surface area contributed by atoms with Crippen molar-refractivity contribution in [3.05, 3.63) is 64.2 Å². The lowest BCUT2D eigenvalue weighted by Crippen LogP contribution is -2.13. The van der Waals surface area contributed by atoms with Crippen LogP contribution in [0.4, 0.5) is 0 Å². The number of hydrogen-bond donors (Lipinski definition) is 0. The van der Waals surface area contributed by atoms with E-state index in [0.29, 0.717) is 28.0 Å². The van der Waals surface area contributed by atoms with Crippen LogP contribution >= 0.6 is 11.6 Å². The van der Waals surface area contributed by atoms with Crippen LogP contribution in [0.3, 0.4) is 0 Å². The van der Waals surface area contributed by atoms with Gasteiger partial charge >= 0.3 is 5.97 Å². The predicted octanol–water partition coefficient (Wildman–Crippen LogP) is 5.20. The molecule has 0 atom stereocenters. The van der Waals surface area contributed by atoms with E-state index in [0.717, 1.165) is 5.56 Å². The van der Waals surface area contributed by atoms with Crippen LogP contribution in [0.1, 0.15) is 58.2 Å². The first-order chi connectivity index (χ1) is 11.1. The molecule has 4 heteroatoms. The number of ether oxygens (including phenoxy) is 1. The van der Waals surface area contributed by atoms with Gasteiger partial charge in [-0.1, -0.05) is 32.9 Å². The highest BCUT2D eigenvalue weighted by Crippen LogP contribution is 2.27. The minimum absolute atomic E-state index is 0.0273. The molecule has 0 aliphatic carbocycles. The predicted molar refractivity (Wildman–Crippen MR) is 96.2 cm³/mol. The van der Waals surface area contributed by atoms with Crippen LogP contribution in [0.5, 0.6) is 5.75 Å². The molecule has 2 rings (SSSR count). The minimum Gasteiger partial charge on any atom is -0.422 e. The zero-order valence-corrected chi connectivity index (χ0v) is 15.3. The molecule has 0 aliphatic heterocycles. The maximum atomic E-state index is 12.4. The third kappa shape index (κ3) is 4.04. The summed E-state index contributed by atoms with van der Waals surface area (Å²) in [6.07, 6.45) is 0. The van der Waals surface area contributed by atoms with Gasteiger partial charge in [0, 0.05) is 5.56 Å². The number of benzene rings is 2. The number of aryl methyl sites for hydroxylation is 2. The molecule has 2 aromatic carbocycles. The SMILES string of the molecule is Cc1cc(C(=O)Cl)cc(C)c1OC(=O)c1ccc(C(C)(C)C)cc1. The Labute approximate surface area is 147 Å². The highest BCUT2D eigenvalue weighted by molar-refractivity contribution is 6.67. The van der Waals surface area contributed by atoms with Gasteiger partial charge in [0.2, 0.25) is 0 Å². The Morgan fingerprint density at radius 2 is 1.42 bits per heavy atom. The molecule has 0 aliphatic rings. The van der Waals surface area contributed by atoms with E-state index < -0.39 is 11.2 Å². The van der Waals surface area contributed by atoms with Crippen molar-refractivity contribution in [1.82, 2.24) is 0 Å². The quantitative estimate of drug-likeness (QED) is 0.436. The summed E-state index contributed by atoms with van der Waals surface area (Å²) in [4.78, 5) is 23.7. The third-order valence-electron chi connectivity index (χ3n) is 3.87. The zero-order valence-electron chi connectivity index (χ0n) is 14.6. The highest BCUT2D eigenvalue weighted by Gasteiger charge is 2.17. The molecule has 0 N–H and O–H groups in total. The molecule has 126 valence electrons. The fourth-order valence-electron chi connectivity index (χ4n) is 2.48. The fourth-order valence-corrected chi connectivity index (χ4v) is 2.59. The normalized spacial score (nSPS) is 11.2. The monoisotopic (exact) mass is 344 g/mol. The number of rotatable bonds is 3. The van der Waals surface area contributed by atoms with Crippen molar-refractivity contribution in [1.29, 1.82) is 0 Å². The highest BCUT2D eigenvalue weighted by atomic mass is 35.5. The number of carbonyl (C=O) groups excluding carboxylic acids is 2. The van der Waals surface area contributed by atoms with Gasteiger partial charge in [0.1, 0.15) is 5.75 Å². The van der Waals surface area contributed by atoms with Gasteiger partial charge in [-0.25, -0.2) is 4.79 Å². The zero-order chi connectivity index (χ0) is 18.1. The van der Waals surface area contributed by atoms with E-state index in [1.807, 2.05) is 12.1 Å². The van der Waals surface area contributed by atoms with E-state index in [9.17, 15) is 9.59 Å². The Morgan fingerprint density at radius 3 is 1.83 bits per heavy atom. The molecule has 0 amide bonds. The number of halogens is 1. The Kier molecular flexibility index (Phi) is 5.14. The third-order valence-corrected chi connectivity index (χ3v) is 4.09. The Morgan fingerprint density at radius 1 is 0.917 bits per heavy atom. The van der Waals surface area contributed by atoms with Crippen LogP contribution in [0, 0.1) is 13.8 Å². The summed E-state index contributed by atoms with van der Waals surface area (Å²) in [5, 5.41) is -0.531. The standard InChI is InChI=1S/C20H21ClO3/c1-12-10-15(18(21)22)11-13(2)17(12)24-19(23)14-6-8-16(9-7-14)20(3,4)5/h6-11H,1-5H3. The van der Waals surface area contributed by atoms with Crippen LogP contribution in [-0.2, 0) is 5.41 Å². The van der Waals surface area contributed by atoms with Crippen molar-refractivity contribution in [3.8, 4) is 5.75 Å². The summed E-state index contributed by atoms with van der Waals surface area (Å²) >= 11 is 5.51. The molecule has 0 aromatic heterocycles. The van der Waals surface area contributed by atoms with Crippen molar-refractivity contribution in [2.75, 3.05) is 0 Å². The largest absolute Gasteiger partial charge is 0.422 e. The second-order valence-electron chi connectivity index (χ2n) is 6.93. The molecule has 0 heterocycles. The molecule has 0 bridgehead atoms. The maximum absolute atomic E-state index is 12.4. The van der Waals surface area contributed by atoms with Crippen molar-refractivity contribution in [3.63, 3.8) is 0 Å². The van der Waals surface area contributed by atoms with Crippen LogP contribution in [-0.4, -0.2) is 11.2 Å². The van der Waals surface area contributed by atoms with Gasteiger partial charge in [-0.2, -0.15) is 0 Å². The van der Waals surface area contributed by atoms with E-state index in [-0.39, 0.29) is 5.41 Å². The lowest BCUT2D eigenvalue weighted by atomic mass is 9.87. The van der Waals surface area contributed by atoms with Crippen LogP contribution in [0.2, 0.25) is 0 Å². The molecule has 0 fully saturated rings. The second kappa shape index (κ2) is 6.78. The minimum atomic E-state index is -0.531. The van der Waals surface area contributed by atoms with Crippen molar-refractivity contribution >= 4 is 22.8 Å². The van der Waals surface area contributed by atoms with E-state index in [1.54, 1.807) is 38.1 Å². The molecule has 0 saturated carbocycles. The topological polar surface area (TPSA) is 43.4 Å². The molecule has 0 unspecified atom stereocenters. The first kappa shape index (κ1) is 18.2. The number of esters is 1. The summed E-state index contributed by atoms with van der Waals surface area (Å²) in [6.45, 7) is 9.91. The molecule has 0 spiro atoms. The summed E-state index contributed by atoms with van der Waals surface area (Å²) in [5.74, 6) is 0.0353. The van der Waals surface area contributed by atoms with Gasteiger partial charge in [0.15, 0.2) is 0 Å². The van der Waals surface area contributed by atoms with Crippen LogP contribution < -0.4 is 4.74 Å². The first-order valence-corrected chi connectivity index (χ1v) is 8.11. The van der Waals surface area contributed by atoms with Crippen molar-refractivity contribution in [2.45, 2.75) is 40.0 Å². The Balaban J connectivity index is 2.25. The summed E-state index contributed by atoms with van der Waals surface area (Å²) < 4.78 is 5.53. The van der Waals surface area contributed by atoms with E-state index in [4.69, 9.17) is 16.3 Å². The summed E-state index contributed by atoms with van der Waals surface area (Å²) in [5.41, 5.74) is 3.44. The first-order valence-electron chi connectivity index (χ1n) is 7.73. The van der Waals surface area contributed by atoms with E-state index in [2.05, 4.69) is 20.8 Å². The van der Waals surface area contributed by atoms with Crippen molar-refractivity contribution in [2.24, 2.45) is 0 Å². The molecule has 3 nitrogen and oxygen atoms in total. The second-order valence-corrected chi connectivity index (χ2v) is 7.27. The van der Waals surface area contributed by atoms with Crippen LogP contribution in [0.15, 0.2) is 36.4 Å². The molecule has 0 saturated heterocycles. The van der Waals surface area contributed by atoms with Crippen molar-refractivity contribution < 1.29 is 14.3 Å². The van der Waals surface area contributed by atoms with Gasteiger partial charge in [0.25, 0.3) is 5.24 Å². The van der Waals surface area contributed by atoms with Gasteiger partial charge in [-0.05, 0) is 71.8 Å². The Bertz CT molecular complexity index is 761. The average Bonchev–Trinajstić information content (AvgIpc) is 2.49. The lowest BCUT2D eigenvalue weighted by Gasteiger charge is -2.19. The lowest BCUT2D eigenvalue weighted by molar-refractivity contribution is 0.0732. The number of hydrogen-bond acceptors (Lipinski definition) is 3.